The molecule has 0 saturated heterocycles. The van der Waals surface area contributed by atoms with Crippen molar-refractivity contribution in [3.8, 4) is 0 Å². The van der Waals surface area contributed by atoms with Crippen LogP contribution in [0.25, 0.3) is 10.2 Å². The average Bonchev–Trinajstić information content (AvgIpc) is 3.00. The largest absolute Gasteiger partial charge is 0.452 e. The Hall–Kier alpha value is -3.01. The third-order valence-corrected chi connectivity index (χ3v) is 3.92. The highest BCUT2D eigenvalue weighted by Crippen LogP contribution is 2.30. The van der Waals surface area contributed by atoms with Gasteiger partial charge in [-0.15, -0.1) is 0 Å². The summed E-state index contributed by atoms with van der Waals surface area (Å²) in [6.45, 7) is -0.616. The molecule has 0 aliphatic rings. The zero-order valence-corrected chi connectivity index (χ0v) is 13.1. The molecule has 3 rings (SSSR count). The maximum Gasteiger partial charge on any atom is 0.340 e. The molecule has 0 saturated carbocycles. The number of anilines is 1. The van der Waals surface area contributed by atoms with Crippen molar-refractivity contribution < 1.29 is 27.5 Å². The van der Waals surface area contributed by atoms with E-state index in [1.54, 1.807) is 0 Å². The molecule has 1 aromatic carbocycles. The highest BCUT2D eigenvalue weighted by molar-refractivity contribution is 7.22. The first-order valence-electron chi connectivity index (χ1n) is 6.76. The van der Waals surface area contributed by atoms with Gasteiger partial charge in [0.15, 0.2) is 29.2 Å². The molecule has 0 atom stereocenters. The number of amides is 1. The number of halogens is 3. The number of nitrogens with one attached hydrogen (secondary N) is 1. The molecule has 10 heteroatoms. The van der Waals surface area contributed by atoms with Gasteiger partial charge in [0.05, 0.1) is 10.3 Å². The Balaban J connectivity index is 1.66. The van der Waals surface area contributed by atoms with Crippen molar-refractivity contribution in [3.05, 3.63) is 53.6 Å². The van der Waals surface area contributed by atoms with Crippen molar-refractivity contribution >= 4 is 38.6 Å². The number of rotatable bonds is 4. The number of ether oxygens (including phenoxy) is 1. The lowest BCUT2D eigenvalue weighted by atomic mass is 10.3. The van der Waals surface area contributed by atoms with Crippen molar-refractivity contribution in [1.82, 2.24) is 9.97 Å². The first-order chi connectivity index (χ1) is 12.0. The van der Waals surface area contributed by atoms with Gasteiger partial charge in [-0.25, -0.2) is 22.9 Å². The Kier molecular flexibility index (Phi) is 4.61. The van der Waals surface area contributed by atoms with Crippen LogP contribution in [0.1, 0.15) is 10.4 Å². The molecule has 0 aliphatic carbocycles. The Bertz CT molecular complexity index is 963. The van der Waals surface area contributed by atoms with E-state index in [2.05, 4.69) is 15.3 Å². The molecule has 3 aromatic rings. The van der Waals surface area contributed by atoms with Crippen LogP contribution in [0.4, 0.5) is 18.3 Å². The highest BCUT2D eigenvalue weighted by Gasteiger charge is 2.18. The average molecular weight is 367 g/mol. The molecule has 6 nitrogen and oxygen atoms in total. The van der Waals surface area contributed by atoms with Gasteiger partial charge in [-0.05, 0) is 18.2 Å². The number of carbonyl (C=O) groups excluding carboxylic acids is 2. The van der Waals surface area contributed by atoms with Crippen LogP contribution in [0.5, 0.6) is 0 Å². The van der Waals surface area contributed by atoms with Gasteiger partial charge in [-0.1, -0.05) is 11.3 Å². The Morgan fingerprint density at radius 1 is 1.24 bits per heavy atom. The van der Waals surface area contributed by atoms with Crippen LogP contribution in [-0.4, -0.2) is 28.5 Å². The summed E-state index contributed by atoms with van der Waals surface area (Å²) in [7, 11) is 0. The summed E-state index contributed by atoms with van der Waals surface area (Å²) in [5, 5.41) is 2.19. The van der Waals surface area contributed by atoms with E-state index >= 15 is 0 Å². The van der Waals surface area contributed by atoms with Crippen molar-refractivity contribution in [2.75, 3.05) is 11.9 Å². The molecular weight excluding hydrogens is 359 g/mol. The van der Waals surface area contributed by atoms with Crippen molar-refractivity contribution in [2.24, 2.45) is 0 Å². The van der Waals surface area contributed by atoms with Gasteiger partial charge in [0.1, 0.15) is 5.52 Å². The minimum absolute atomic E-state index is 0.0269. The molecule has 1 amide bonds. The molecule has 0 radical (unpaired) electrons. The number of aromatic nitrogens is 2. The minimum Gasteiger partial charge on any atom is -0.452 e. The van der Waals surface area contributed by atoms with E-state index in [0.717, 1.165) is 17.4 Å². The predicted octanol–water partition coefficient (Wildman–Crippen LogP) is 2.90. The Morgan fingerprint density at radius 3 is 2.76 bits per heavy atom. The lowest BCUT2D eigenvalue weighted by molar-refractivity contribution is -0.119. The summed E-state index contributed by atoms with van der Waals surface area (Å²) in [6, 6.07) is 3.78. The van der Waals surface area contributed by atoms with Gasteiger partial charge in [0, 0.05) is 12.4 Å². The molecule has 0 unspecified atom stereocenters. The number of carbonyl (C=O) groups is 2. The summed E-state index contributed by atoms with van der Waals surface area (Å²) >= 11 is 0.753. The van der Waals surface area contributed by atoms with Gasteiger partial charge < -0.3 is 4.74 Å². The molecule has 0 fully saturated rings. The number of fused-ring (bicyclic) bond motifs is 1. The number of nitrogens with zero attached hydrogens (tertiary/aromatic N) is 2. The second-order valence-electron chi connectivity index (χ2n) is 4.72. The molecule has 0 bridgehead atoms. The van der Waals surface area contributed by atoms with Crippen LogP contribution < -0.4 is 5.32 Å². The summed E-state index contributed by atoms with van der Waals surface area (Å²) in [6.07, 6.45) is 2.75. The van der Waals surface area contributed by atoms with Crippen LogP contribution in [0.15, 0.2) is 30.6 Å². The first-order valence-corrected chi connectivity index (χ1v) is 7.58. The SMILES string of the molecule is O=C(COC(=O)c1cccnc1)Nc1nc2c(F)c(F)c(F)cc2s1. The van der Waals surface area contributed by atoms with Crippen LogP contribution >= 0.6 is 11.3 Å². The fourth-order valence-electron chi connectivity index (χ4n) is 1.88. The lowest BCUT2D eigenvalue weighted by Gasteiger charge is -2.04. The maximum absolute atomic E-state index is 13.6. The first kappa shape index (κ1) is 16.8. The molecule has 2 aromatic heterocycles. The topological polar surface area (TPSA) is 81.2 Å². The highest BCUT2D eigenvalue weighted by atomic mass is 32.1. The van der Waals surface area contributed by atoms with E-state index in [0.29, 0.717) is 0 Å². The molecule has 2 heterocycles. The fraction of sp³-hybridized carbons (Fsp3) is 0.0667. The summed E-state index contributed by atoms with van der Waals surface area (Å²) in [4.78, 5) is 30.9. The van der Waals surface area contributed by atoms with Crippen LogP contribution in [0.2, 0.25) is 0 Å². The zero-order valence-electron chi connectivity index (χ0n) is 12.3. The third-order valence-electron chi connectivity index (χ3n) is 3.00. The Morgan fingerprint density at radius 2 is 2.04 bits per heavy atom. The van der Waals surface area contributed by atoms with Gasteiger partial charge in [-0.2, -0.15) is 0 Å². The molecule has 0 spiro atoms. The molecule has 1 N–H and O–H groups in total. The number of hydrogen-bond acceptors (Lipinski definition) is 6. The van der Waals surface area contributed by atoms with E-state index in [1.807, 2.05) is 0 Å². The van der Waals surface area contributed by atoms with Gasteiger partial charge in [-0.3, -0.25) is 15.1 Å². The van der Waals surface area contributed by atoms with Gasteiger partial charge >= 0.3 is 5.97 Å². The number of thiazole rings is 1. The van der Waals surface area contributed by atoms with E-state index in [4.69, 9.17) is 4.74 Å². The fourth-order valence-corrected chi connectivity index (χ4v) is 2.79. The summed E-state index contributed by atoms with van der Waals surface area (Å²) in [5.41, 5.74) is -0.227. The van der Waals surface area contributed by atoms with E-state index < -0.39 is 41.5 Å². The van der Waals surface area contributed by atoms with Crippen LogP contribution in [-0.2, 0) is 9.53 Å². The number of hydrogen-bond donors (Lipinski definition) is 1. The standard InChI is InChI=1S/C15H8F3N3O3S/c16-8-4-9-13(12(18)11(8)17)21-15(25-9)20-10(22)6-24-14(23)7-2-1-3-19-5-7/h1-5H,6H2,(H,20,21,22). The van der Waals surface area contributed by atoms with E-state index in [9.17, 15) is 22.8 Å². The van der Waals surface area contributed by atoms with E-state index in [-0.39, 0.29) is 15.4 Å². The van der Waals surface area contributed by atoms with Crippen molar-refractivity contribution in [2.45, 2.75) is 0 Å². The third kappa shape index (κ3) is 3.58. The molecule has 25 heavy (non-hydrogen) atoms. The number of benzene rings is 1. The minimum atomic E-state index is -1.64. The second-order valence-corrected chi connectivity index (χ2v) is 5.75. The van der Waals surface area contributed by atoms with Crippen molar-refractivity contribution in [1.29, 1.82) is 0 Å². The maximum atomic E-state index is 13.6. The normalized spacial score (nSPS) is 10.7. The molecular formula is C15H8F3N3O3S. The van der Waals surface area contributed by atoms with Gasteiger partial charge in [0.2, 0.25) is 0 Å². The van der Waals surface area contributed by atoms with Crippen molar-refractivity contribution in [3.63, 3.8) is 0 Å². The van der Waals surface area contributed by atoms with Gasteiger partial charge in [0.25, 0.3) is 5.91 Å². The smallest absolute Gasteiger partial charge is 0.340 e. The lowest BCUT2D eigenvalue weighted by Crippen LogP contribution is -2.20. The monoisotopic (exact) mass is 367 g/mol. The Labute approximate surface area is 142 Å². The summed E-state index contributed by atoms with van der Waals surface area (Å²) < 4.78 is 44.7. The summed E-state index contributed by atoms with van der Waals surface area (Å²) in [5.74, 6) is -5.91. The molecule has 0 aliphatic heterocycles. The predicted molar refractivity (Wildman–Crippen MR) is 82.6 cm³/mol. The second kappa shape index (κ2) is 6.85. The molecule has 128 valence electrons. The van der Waals surface area contributed by atoms with Crippen LogP contribution in [0, 0.1) is 17.5 Å². The zero-order chi connectivity index (χ0) is 18.0. The van der Waals surface area contributed by atoms with Crippen LogP contribution in [0.3, 0.4) is 0 Å². The van der Waals surface area contributed by atoms with E-state index in [1.165, 1.54) is 24.5 Å². The number of esters is 1. The quantitative estimate of drug-likeness (QED) is 0.566. The number of pyridine rings is 1.